The van der Waals surface area contributed by atoms with Gasteiger partial charge in [0.25, 0.3) is 0 Å². The second-order valence-corrected chi connectivity index (χ2v) is 6.67. The number of nitrogens with zero attached hydrogens (tertiary/aromatic N) is 4. The van der Waals surface area contributed by atoms with Crippen LogP contribution in [0.1, 0.15) is 20.3 Å². The van der Waals surface area contributed by atoms with E-state index in [1.807, 2.05) is 18.2 Å². The van der Waals surface area contributed by atoms with E-state index in [4.69, 9.17) is 4.74 Å². The van der Waals surface area contributed by atoms with E-state index in [0.717, 1.165) is 45.8 Å². The fraction of sp³-hybridized carbons (Fsp3) is 0.929. The molecule has 0 radical (unpaired) electrons. The third kappa shape index (κ3) is 6.93. The predicted molar refractivity (Wildman–Crippen MR) is 90.8 cm³/mol. The van der Waals surface area contributed by atoms with Crippen molar-refractivity contribution in [3.63, 3.8) is 0 Å². The zero-order valence-corrected chi connectivity index (χ0v) is 14.8. The molecule has 2 atom stereocenters. The molecule has 0 aromatic rings. The molecular weight excluding hydrogens is 304 g/mol. The third-order valence-electron chi connectivity index (χ3n) is 3.82. The van der Waals surface area contributed by atoms with Gasteiger partial charge in [0, 0.05) is 33.3 Å². The van der Waals surface area contributed by atoms with Crippen LogP contribution in [0.3, 0.4) is 0 Å². The van der Waals surface area contributed by atoms with Crippen LogP contribution < -0.4 is 0 Å². The van der Waals surface area contributed by atoms with Gasteiger partial charge in [-0.2, -0.15) is 0 Å². The summed E-state index contributed by atoms with van der Waals surface area (Å²) in [5.41, 5.74) is 0. The van der Waals surface area contributed by atoms with Crippen molar-refractivity contribution in [3.05, 3.63) is 10.1 Å². The van der Waals surface area contributed by atoms with Gasteiger partial charge in [-0.3, -0.25) is 0 Å². The normalized spacial score (nSPS) is 20.4. The fourth-order valence-corrected chi connectivity index (χ4v) is 3.35. The molecule has 7 nitrogen and oxygen atoms in total. The van der Waals surface area contributed by atoms with Gasteiger partial charge in [-0.1, -0.05) is 25.6 Å². The molecule has 0 aliphatic carbocycles. The topological polar surface area (TPSA) is 71.2 Å². The number of hydrogen-bond acceptors (Lipinski definition) is 5. The Morgan fingerprint density at radius 2 is 2.27 bits per heavy atom. The van der Waals surface area contributed by atoms with Crippen molar-refractivity contribution >= 4 is 16.9 Å². The number of thioether (sulfide) groups is 1. The number of nitro groups is 1. The average Bonchev–Trinajstić information content (AvgIpc) is 2.96. The first-order valence-electron chi connectivity index (χ1n) is 7.74. The number of ether oxygens (including phenoxy) is 1. The standard InChI is InChI=1S/C14H28N4O3S/c1-5-17(10-13-6-7-21-11-13)9-12(2)8-16(3)14(22-4)15-18(19)20/h12-13H,5-11H2,1-4H3. The van der Waals surface area contributed by atoms with E-state index in [1.165, 1.54) is 11.8 Å². The van der Waals surface area contributed by atoms with E-state index >= 15 is 0 Å². The Morgan fingerprint density at radius 3 is 2.77 bits per heavy atom. The maximum absolute atomic E-state index is 10.5. The van der Waals surface area contributed by atoms with E-state index in [-0.39, 0.29) is 0 Å². The van der Waals surface area contributed by atoms with Crippen LogP contribution in [0, 0.1) is 22.0 Å². The molecule has 0 aromatic carbocycles. The van der Waals surface area contributed by atoms with Gasteiger partial charge in [-0.05, 0) is 31.1 Å². The lowest BCUT2D eigenvalue weighted by molar-refractivity contribution is -0.485. The van der Waals surface area contributed by atoms with E-state index in [1.54, 1.807) is 0 Å². The highest BCUT2D eigenvalue weighted by atomic mass is 32.2. The van der Waals surface area contributed by atoms with Crippen molar-refractivity contribution < 1.29 is 9.77 Å². The Hall–Kier alpha value is -0.860. The SMILES string of the molecule is CCN(CC(C)CN(C)C(=N[N+](=O)[O-])SC)CC1CCOC1. The minimum Gasteiger partial charge on any atom is -0.381 e. The second kappa shape index (κ2) is 10.0. The molecule has 0 saturated carbocycles. The maximum Gasteiger partial charge on any atom is 0.237 e. The van der Waals surface area contributed by atoms with Crippen molar-refractivity contribution in [1.29, 1.82) is 0 Å². The molecule has 8 heteroatoms. The van der Waals surface area contributed by atoms with Crippen molar-refractivity contribution in [2.45, 2.75) is 20.3 Å². The molecule has 0 bridgehead atoms. The summed E-state index contributed by atoms with van der Waals surface area (Å²) in [4.78, 5) is 14.8. The van der Waals surface area contributed by atoms with Crippen LogP contribution in [0.15, 0.2) is 5.10 Å². The summed E-state index contributed by atoms with van der Waals surface area (Å²) in [5, 5.41) is 13.8. The summed E-state index contributed by atoms with van der Waals surface area (Å²) in [5.74, 6) is 1.05. The van der Waals surface area contributed by atoms with Crippen LogP contribution in [-0.2, 0) is 4.74 Å². The molecule has 0 spiro atoms. The second-order valence-electron chi connectivity index (χ2n) is 5.89. The van der Waals surface area contributed by atoms with Crippen molar-refractivity contribution in [3.8, 4) is 0 Å². The van der Waals surface area contributed by atoms with E-state index < -0.39 is 5.03 Å². The first-order valence-corrected chi connectivity index (χ1v) is 8.96. The molecule has 0 amide bonds. The van der Waals surface area contributed by atoms with Crippen LogP contribution in [0.5, 0.6) is 0 Å². The van der Waals surface area contributed by atoms with Gasteiger partial charge in [0.05, 0.1) is 11.7 Å². The van der Waals surface area contributed by atoms with Gasteiger partial charge in [0.2, 0.25) is 5.17 Å². The Labute approximate surface area is 137 Å². The summed E-state index contributed by atoms with van der Waals surface area (Å²) in [7, 11) is 1.86. The van der Waals surface area contributed by atoms with Gasteiger partial charge in [-0.25, -0.2) is 10.1 Å². The van der Waals surface area contributed by atoms with E-state index in [0.29, 0.717) is 17.0 Å². The van der Waals surface area contributed by atoms with E-state index in [2.05, 4.69) is 23.8 Å². The van der Waals surface area contributed by atoms with Crippen molar-refractivity contribution in [1.82, 2.24) is 9.80 Å². The van der Waals surface area contributed by atoms with Crippen LogP contribution in [0.25, 0.3) is 0 Å². The van der Waals surface area contributed by atoms with Crippen molar-refractivity contribution in [2.75, 3.05) is 52.7 Å². The molecule has 22 heavy (non-hydrogen) atoms. The third-order valence-corrected chi connectivity index (χ3v) is 4.58. The van der Waals surface area contributed by atoms with Crippen molar-refractivity contribution in [2.24, 2.45) is 16.9 Å². The zero-order chi connectivity index (χ0) is 16.5. The molecule has 2 unspecified atom stereocenters. The molecule has 1 aliphatic rings. The first-order chi connectivity index (χ1) is 10.5. The fourth-order valence-electron chi connectivity index (χ4n) is 2.81. The maximum atomic E-state index is 10.5. The van der Waals surface area contributed by atoms with Crippen LogP contribution >= 0.6 is 11.8 Å². The van der Waals surface area contributed by atoms with Crippen LogP contribution in [0.4, 0.5) is 0 Å². The number of amidine groups is 1. The first kappa shape index (κ1) is 19.2. The minimum atomic E-state index is -0.633. The average molecular weight is 332 g/mol. The number of hydrogen-bond donors (Lipinski definition) is 0. The highest BCUT2D eigenvalue weighted by Gasteiger charge is 2.20. The highest BCUT2D eigenvalue weighted by molar-refractivity contribution is 8.13. The molecule has 1 saturated heterocycles. The summed E-state index contributed by atoms with van der Waals surface area (Å²) < 4.78 is 5.44. The molecule has 1 heterocycles. The molecule has 0 aromatic heterocycles. The largest absolute Gasteiger partial charge is 0.381 e. The van der Waals surface area contributed by atoms with Gasteiger partial charge >= 0.3 is 0 Å². The Balaban J connectivity index is 2.44. The Kier molecular flexibility index (Phi) is 8.74. The van der Waals surface area contributed by atoms with E-state index in [9.17, 15) is 10.1 Å². The molecule has 128 valence electrons. The quantitative estimate of drug-likeness (QED) is 0.292. The monoisotopic (exact) mass is 332 g/mol. The summed E-state index contributed by atoms with van der Waals surface area (Å²) in [6, 6.07) is 0. The predicted octanol–water partition coefficient (Wildman–Crippen LogP) is 1.82. The lowest BCUT2D eigenvalue weighted by atomic mass is 10.1. The van der Waals surface area contributed by atoms with Gasteiger partial charge in [0.15, 0.2) is 5.03 Å². The minimum absolute atomic E-state index is 0.413. The van der Waals surface area contributed by atoms with Crippen LogP contribution in [-0.4, -0.2) is 72.7 Å². The smallest absolute Gasteiger partial charge is 0.237 e. The Bertz CT molecular complexity index is 375. The summed E-state index contributed by atoms with van der Waals surface area (Å²) in [6.07, 6.45) is 2.96. The summed E-state index contributed by atoms with van der Waals surface area (Å²) in [6.45, 7) is 9.93. The highest BCUT2D eigenvalue weighted by Crippen LogP contribution is 2.15. The molecular formula is C14H28N4O3S. The van der Waals surface area contributed by atoms with Gasteiger partial charge in [0.1, 0.15) is 0 Å². The Morgan fingerprint density at radius 1 is 1.55 bits per heavy atom. The van der Waals surface area contributed by atoms with Crippen LogP contribution in [0.2, 0.25) is 0 Å². The summed E-state index contributed by atoms with van der Waals surface area (Å²) >= 11 is 1.30. The molecule has 1 fully saturated rings. The number of rotatable bonds is 8. The molecule has 1 rings (SSSR count). The van der Waals surface area contributed by atoms with Gasteiger partial charge in [-0.15, -0.1) is 0 Å². The van der Waals surface area contributed by atoms with Gasteiger partial charge < -0.3 is 14.5 Å². The lowest BCUT2D eigenvalue weighted by Gasteiger charge is -2.29. The lowest BCUT2D eigenvalue weighted by Crippen LogP contribution is -2.38. The molecule has 1 aliphatic heterocycles. The molecule has 0 N–H and O–H groups in total. The zero-order valence-electron chi connectivity index (χ0n) is 14.0. The number of hydrazone groups is 1.